The number of hydrogen-bond acceptors (Lipinski definition) is 3. The van der Waals surface area contributed by atoms with E-state index in [1.165, 1.54) is 57.8 Å². The zero-order chi connectivity index (χ0) is 20.3. The molecule has 0 spiro atoms. The number of carbonyl (C=O) groups is 2. The van der Waals surface area contributed by atoms with Gasteiger partial charge in [-0.2, -0.15) is 0 Å². The summed E-state index contributed by atoms with van der Waals surface area (Å²) in [5.74, 6) is -0.982. The molecular formula is C25H41AlO3. The van der Waals surface area contributed by atoms with Crippen molar-refractivity contribution in [1.82, 2.24) is 0 Å². The Kier molecular flexibility index (Phi) is 19.0. The van der Waals surface area contributed by atoms with Gasteiger partial charge in [0.1, 0.15) is 0 Å². The SMILES string of the molecule is CCCCCCCC/C=C\CCCCCCCC(=O)OC(=O)c1ccccc1.[AlH3]. The summed E-state index contributed by atoms with van der Waals surface area (Å²) in [6, 6.07) is 8.63. The molecule has 1 aromatic carbocycles. The van der Waals surface area contributed by atoms with Gasteiger partial charge in [-0.3, -0.25) is 4.79 Å². The minimum absolute atomic E-state index is 0. The number of benzene rings is 1. The van der Waals surface area contributed by atoms with Crippen molar-refractivity contribution in [2.24, 2.45) is 0 Å². The van der Waals surface area contributed by atoms with Gasteiger partial charge in [0.05, 0.1) is 5.56 Å². The maximum Gasteiger partial charge on any atom is 0.345 e. The number of ether oxygens (including phenoxy) is 1. The van der Waals surface area contributed by atoms with Gasteiger partial charge in [-0.1, -0.05) is 88.6 Å². The Hall–Kier alpha value is -1.37. The lowest BCUT2D eigenvalue weighted by atomic mass is 10.1. The van der Waals surface area contributed by atoms with Crippen LogP contribution in [0.3, 0.4) is 0 Å². The number of allylic oxidation sites excluding steroid dienone is 2. The van der Waals surface area contributed by atoms with Crippen molar-refractivity contribution in [3.63, 3.8) is 0 Å². The van der Waals surface area contributed by atoms with Gasteiger partial charge < -0.3 is 4.74 Å². The minimum Gasteiger partial charge on any atom is -0.389 e. The van der Waals surface area contributed by atoms with Crippen molar-refractivity contribution in [3.8, 4) is 0 Å². The van der Waals surface area contributed by atoms with Crippen LogP contribution in [0.25, 0.3) is 0 Å². The third-order valence-corrected chi connectivity index (χ3v) is 4.86. The van der Waals surface area contributed by atoms with Gasteiger partial charge in [0.2, 0.25) is 0 Å². The van der Waals surface area contributed by atoms with Gasteiger partial charge >= 0.3 is 11.9 Å². The van der Waals surface area contributed by atoms with Crippen molar-refractivity contribution >= 4 is 29.3 Å². The number of hydrogen-bond donors (Lipinski definition) is 0. The van der Waals surface area contributed by atoms with Crippen molar-refractivity contribution < 1.29 is 14.3 Å². The fraction of sp³-hybridized carbons (Fsp3) is 0.600. The summed E-state index contributed by atoms with van der Waals surface area (Å²) in [4.78, 5) is 23.5. The van der Waals surface area contributed by atoms with E-state index in [9.17, 15) is 9.59 Å². The maximum absolute atomic E-state index is 11.8. The quantitative estimate of drug-likeness (QED) is 0.106. The number of rotatable bonds is 16. The molecule has 0 aromatic heterocycles. The molecule has 162 valence electrons. The van der Waals surface area contributed by atoms with E-state index in [1.54, 1.807) is 24.3 Å². The van der Waals surface area contributed by atoms with E-state index in [4.69, 9.17) is 4.74 Å². The minimum atomic E-state index is -0.557. The van der Waals surface area contributed by atoms with Crippen LogP contribution < -0.4 is 0 Å². The molecule has 0 aliphatic heterocycles. The van der Waals surface area contributed by atoms with Crippen LogP contribution >= 0.6 is 0 Å². The highest BCUT2D eigenvalue weighted by Gasteiger charge is 2.11. The van der Waals surface area contributed by atoms with Gasteiger partial charge in [0.25, 0.3) is 0 Å². The average Bonchev–Trinajstić information content (AvgIpc) is 2.71. The van der Waals surface area contributed by atoms with Crippen LogP contribution in [0.2, 0.25) is 0 Å². The van der Waals surface area contributed by atoms with E-state index in [1.807, 2.05) is 6.07 Å². The Labute approximate surface area is 188 Å². The van der Waals surface area contributed by atoms with Crippen LogP contribution in [-0.4, -0.2) is 29.3 Å². The lowest BCUT2D eigenvalue weighted by Crippen LogP contribution is -2.12. The molecule has 0 saturated heterocycles. The molecule has 0 bridgehead atoms. The zero-order valence-corrected chi connectivity index (χ0v) is 17.7. The lowest BCUT2D eigenvalue weighted by molar-refractivity contribution is -0.138. The predicted molar refractivity (Wildman–Crippen MR) is 126 cm³/mol. The van der Waals surface area contributed by atoms with E-state index >= 15 is 0 Å². The van der Waals surface area contributed by atoms with Crippen LogP contribution in [0.5, 0.6) is 0 Å². The smallest absolute Gasteiger partial charge is 0.345 e. The summed E-state index contributed by atoms with van der Waals surface area (Å²) < 4.78 is 4.87. The summed E-state index contributed by atoms with van der Waals surface area (Å²) in [5, 5.41) is 0. The Morgan fingerprint density at radius 3 is 1.86 bits per heavy atom. The summed E-state index contributed by atoms with van der Waals surface area (Å²) in [7, 11) is 0. The first-order valence-electron chi connectivity index (χ1n) is 11.2. The second-order valence-corrected chi connectivity index (χ2v) is 7.46. The summed E-state index contributed by atoms with van der Waals surface area (Å²) in [6.45, 7) is 2.26. The maximum atomic E-state index is 11.8. The molecule has 0 radical (unpaired) electrons. The van der Waals surface area contributed by atoms with Gasteiger partial charge in [-0.15, -0.1) is 0 Å². The third-order valence-electron chi connectivity index (χ3n) is 4.86. The van der Waals surface area contributed by atoms with E-state index in [0.717, 1.165) is 25.7 Å². The van der Waals surface area contributed by atoms with E-state index < -0.39 is 11.9 Å². The molecule has 0 atom stereocenters. The van der Waals surface area contributed by atoms with E-state index in [2.05, 4.69) is 19.1 Å². The normalized spacial score (nSPS) is 10.7. The van der Waals surface area contributed by atoms with Crippen molar-refractivity contribution in [1.29, 1.82) is 0 Å². The monoisotopic (exact) mass is 416 g/mol. The molecule has 29 heavy (non-hydrogen) atoms. The Morgan fingerprint density at radius 2 is 1.28 bits per heavy atom. The molecule has 0 aliphatic carbocycles. The molecule has 0 amide bonds. The summed E-state index contributed by atoms with van der Waals surface area (Å²) >= 11 is 0. The average molecular weight is 417 g/mol. The molecule has 0 saturated carbocycles. The standard InChI is InChI=1S/C25H38O3.Al.3H/c1-2-3-4-5-6-7-8-9-10-11-12-13-14-15-19-22-24(26)28-25(27)23-20-17-16-18-21-23;;;;/h9-10,16-18,20-21H,2-8,11-15,19,22H2,1H3;;;;/b10-9-;;;;. The Morgan fingerprint density at radius 1 is 0.759 bits per heavy atom. The Bertz CT molecular complexity index is 554. The highest BCUT2D eigenvalue weighted by Crippen LogP contribution is 2.11. The first-order chi connectivity index (χ1) is 13.7. The summed E-state index contributed by atoms with van der Waals surface area (Å²) in [5.41, 5.74) is 0.417. The molecule has 0 unspecified atom stereocenters. The van der Waals surface area contributed by atoms with Crippen molar-refractivity contribution in [3.05, 3.63) is 48.0 Å². The highest BCUT2D eigenvalue weighted by molar-refractivity contribution is 5.96. The molecule has 4 heteroatoms. The van der Waals surface area contributed by atoms with Crippen LogP contribution in [0, 0.1) is 0 Å². The summed E-state index contributed by atoms with van der Waals surface area (Å²) in [6.07, 6.45) is 20.8. The van der Waals surface area contributed by atoms with Crippen molar-refractivity contribution in [2.45, 2.75) is 96.8 Å². The first-order valence-corrected chi connectivity index (χ1v) is 11.2. The van der Waals surface area contributed by atoms with Gasteiger partial charge in [-0.25, -0.2) is 4.79 Å². The second kappa shape index (κ2) is 19.9. The third kappa shape index (κ3) is 16.1. The topological polar surface area (TPSA) is 43.4 Å². The molecule has 0 N–H and O–H groups in total. The van der Waals surface area contributed by atoms with Crippen molar-refractivity contribution in [2.75, 3.05) is 0 Å². The van der Waals surface area contributed by atoms with Crippen LogP contribution in [0.15, 0.2) is 42.5 Å². The van der Waals surface area contributed by atoms with Crippen LogP contribution in [-0.2, 0) is 9.53 Å². The molecule has 1 rings (SSSR count). The fourth-order valence-corrected chi connectivity index (χ4v) is 3.13. The zero-order valence-electron chi connectivity index (χ0n) is 17.7. The molecule has 3 nitrogen and oxygen atoms in total. The second-order valence-electron chi connectivity index (χ2n) is 7.46. The molecule has 0 heterocycles. The van der Waals surface area contributed by atoms with E-state index in [-0.39, 0.29) is 17.4 Å². The van der Waals surface area contributed by atoms with Gasteiger partial charge in [-0.05, 0) is 44.2 Å². The Balaban J connectivity index is 0.00000784. The van der Waals surface area contributed by atoms with Gasteiger partial charge in [0, 0.05) is 6.42 Å². The highest BCUT2D eigenvalue weighted by atomic mass is 27.0. The fourth-order valence-electron chi connectivity index (χ4n) is 3.13. The molecule has 0 aliphatic rings. The van der Waals surface area contributed by atoms with Crippen LogP contribution in [0.4, 0.5) is 0 Å². The largest absolute Gasteiger partial charge is 0.389 e. The van der Waals surface area contributed by atoms with E-state index in [0.29, 0.717) is 12.0 Å². The number of unbranched alkanes of at least 4 members (excludes halogenated alkanes) is 11. The van der Waals surface area contributed by atoms with Gasteiger partial charge in [0.15, 0.2) is 17.4 Å². The number of carbonyl (C=O) groups excluding carboxylic acids is 2. The van der Waals surface area contributed by atoms with Crippen LogP contribution in [0.1, 0.15) is 107 Å². The first kappa shape index (κ1) is 27.6. The molecule has 1 aromatic rings. The number of esters is 2. The predicted octanol–water partition coefficient (Wildman–Crippen LogP) is 6.22. The lowest BCUT2D eigenvalue weighted by Gasteiger charge is -2.03. The molecular weight excluding hydrogens is 375 g/mol. The molecule has 0 fully saturated rings.